The smallest absolute Gasteiger partial charge is 0.0657 e. The van der Waals surface area contributed by atoms with E-state index in [0.717, 1.165) is 24.9 Å². The predicted molar refractivity (Wildman–Crippen MR) is 46.8 cm³/mol. The van der Waals surface area contributed by atoms with Crippen LogP contribution in [0.5, 0.6) is 0 Å². The number of nitrogens with zero attached hydrogens (tertiary/aromatic N) is 1. The monoisotopic (exact) mass is 165 g/mol. The Morgan fingerprint density at radius 3 is 3.17 bits per heavy atom. The molecule has 1 aliphatic carbocycles. The van der Waals surface area contributed by atoms with Gasteiger partial charge in [-0.05, 0) is 25.2 Å². The van der Waals surface area contributed by atoms with Crippen LogP contribution in [0, 0.1) is 5.92 Å². The van der Waals surface area contributed by atoms with Gasteiger partial charge in [0.25, 0.3) is 0 Å². The van der Waals surface area contributed by atoms with Crippen LogP contribution in [0.3, 0.4) is 0 Å². The molecule has 1 N–H and O–H groups in total. The zero-order valence-electron chi connectivity index (χ0n) is 7.29. The predicted octanol–water partition coefficient (Wildman–Crippen LogP) is 0.772. The Morgan fingerprint density at radius 2 is 2.50 bits per heavy atom. The van der Waals surface area contributed by atoms with Crippen molar-refractivity contribution in [1.82, 2.24) is 4.90 Å². The van der Waals surface area contributed by atoms with Crippen molar-refractivity contribution in [2.45, 2.75) is 30.8 Å². The third-order valence-corrected chi connectivity index (χ3v) is 4.01. The standard InChI is InChI=1S/C10H15NO/c1-7-2-3-11-9-4-8(9)5-10(7,11)6-12/h8-9,12H,1-6H2. The Labute approximate surface area is 72.9 Å². The number of fused-ring (bicyclic) bond motifs is 3. The minimum Gasteiger partial charge on any atom is -0.394 e. The van der Waals surface area contributed by atoms with Gasteiger partial charge in [0.15, 0.2) is 0 Å². The fourth-order valence-electron chi connectivity index (χ4n) is 3.18. The minimum atomic E-state index is 0.0214. The summed E-state index contributed by atoms with van der Waals surface area (Å²) in [6, 6.07) is 0.802. The van der Waals surface area contributed by atoms with E-state index in [4.69, 9.17) is 0 Å². The lowest BCUT2D eigenvalue weighted by atomic mass is 9.89. The van der Waals surface area contributed by atoms with E-state index in [2.05, 4.69) is 11.5 Å². The quantitative estimate of drug-likeness (QED) is 0.580. The van der Waals surface area contributed by atoms with Gasteiger partial charge in [0, 0.05) is 12.6 Å². The molecule has 2 heterocycles. The maximum atomic E-state index is 9.43. The minimum absolute atomic E-state index is 0.0214. The van der Waals surface area contributed by atoms with E-state index in [1.807, 2.05) is 0 Å². The molecule has 0 amide bonds. The van der Waals surface area contributed by atoms with E-state index in [1.54, 1.807) is 0 Å². The molecule has 0 bridgehead atoms. The third kappa shape index (κ3) is 0.603. The van der Waals surface area contributed by atoms with Crippen molar-refractivity contribution in [3.63, 3.8) is 0 Å². The number of rotatable bonds is 1. The van der Waals surface area contributed by atoms with Crippen LogP contribution in [0.15, 0.2) is 12.2 Å². The third-order valence-electron chi connectivity index (χ3n) is 4.01. The van der Waals surface area contributed by atoms with Crippen molar-refractivity contribution in [3.05, 3.63) is 12.2 Å². The zero-order chi connectivity index (χ0) is 8.34. The molecule has 2 heteroatoms. The maximum absolute atomic E-state index is 9.43. The summed E-state index contributed by atoms with van der Waals surface area (Å²) in [6.45, 7) is 5.52. The number of piperidine rings is 1. The summed E-state index contributed by atoms with van der Waals surface area (Å²) < 4.78 is 0. The molecule has 2 nitrogen and oxygen atoms in total. The average molecular weight is 165 g/mol. The van der Waals surface area contributed by atoms with E-state index in [0.29, 0.717) is 6.61 Å². The van der Waals surface area contributed by atoms with Crippen LogP contribution < -0.4 is 0 Å². The van der Waals surface area contributed by atoms with Crippen molar-refractivity contribution in [3.8, 4) is 0 Å². The number of aliphatic hydroxyl groups is 1. The number of aliphatic hydroxyl groups excluding tert-OH is 1. The molecule has 3 fully saturated rings. The fourth-order valence-corrected chi connectivity index (χ4v) is 3.18. The molecule has 0 radical (unpaired) electrons. The van der Waals surface area contributed by atoms with Crippen molar-refractivity contribution in [1.29, 1.82) is 0 Å². The molecule has 3 rings (SSSR count). The first-order valence-corrected chi connectivity index (χ1v) is 4.84. The highest BCUT2D eigenvalue weighted by atomic mass is 16.3. The first kappa shape index (κ1) is 7.10. The van der Waals surface area contributed by atoms with Crippen molar-refractivity contribution >= 4 is 0 Å². The molecule has 0 spiro atoms. The Balaban J connectivity index is 1.99. The van der Waals surface area contributed by atoms with Crippen LogP contribution in [-0.4, -0.2) is 34.7 Å². The Morgan fingerprint density at radius 1 is 1.67 bits per heavy atom. The highest BCUT2D eigenvalue weighted by molar-refractivity contribution is 5.31. The summed E-state index contributed by atoms with van der Waals surface area (Å²) in [5.74, 6) is 0.884. The van der Waals surface area contributed by atoms with Crippen molar-refractivity contribution in [2.24, 2.45) is 5.92 Å². The summed E-state index contributed by atoms with van der Waals surface area (Å²) in [7, 11) is 0. The van der Waals surface area contributed by atoms with E-state index in [-0.39, 0.29) is 5.54 Å². The lowest BCUT2D eigenvalue weighted by Gasteiger charge is -2.33. The normalized spacial score (nSPS) is 50.9. The molecular weight excluding hydrogens is 150 g/mol. The summed E-state index contributed by atoms with van der Waals surface area (Å²) in [4.78, 5) is 2.50. The molecule has 3 aliphatic rings. The summed E-state index contributed by atoms with van der Waals surface area (Å²) >= 11 is 0. The largest absolute Gasteiger partial charge is 0.394 e. The molecule has 3 atom stereocenters. The molecule has 0 aromatic carbocycles. The van der Waals surface area contributed by atoms with Gasteiger partial charge in [-0.25, -0.2) is 0 Å². The van der Waals surface area contributed by atoms with Crippen LogP contribution in [0.1, 0.15) is 19.3 Å². The van der Waals surface area contributed by atoms with Gasteiger partial charge < -0.3 is 5.11 Å². The van der Waals surface area contributed by atoms with Gasteiger partial charge in [0.1, 0.15) is 0 Å². The summed E-state index contributed by atoms with van der Waals surface area (Å²) in [5, 5.41) is 9.43. The second-order valence-electron chi connectivity index (χ2n) is 4.50. The molecule has 2 saturated heterocycles. The lowest BCUT2D eigenvalue weighted by molar-refractivity contribution is 0.102. The topological polar surface area (TPSA) is 23.5 Å². The van der Waals surface area contributed by atoms with Gasteiger partial charge in [-0.1, -0.05) is 12.2 Å². The summed E-state index contributed by atoms with van der Waals surface area (Å²) in [6.07, 6.45) is 3.64. The first-order valence-electron chi connectivity index (χ1n) is 4.84. The number of hydrogen-bond donors (Lipinski definition) is 1. The van der Waals surface area contributed by atoms with E-state index in [9.17, 15) is 5.11 Å². The Bertz CT molecular complexity index is 250. The molecule has 0 aromatic heterocycles. The lowest BCUT2D eigenvalue weighted by Crippen LogP contribution is -2.45. The average Bonchev–Trinajstić information content (AvgIpc) is 2.64. The van der Waals surface area contributed by atoms with Crippen LogP contribution >= 0.6 is 0 Å². The van der Waals surface area contributed by atoms with Gasteiger partial charge in [-0.15, -0.1) is 0 Å². The van der Waals surface area contributed by atoms with Crippen LogP contribution in [0.25, 0.3) is 0 Å². The SMILES string of the molecule is C=C1CCN2C3CC3CC12CO. The molecule has 2 aliphatic heterocycles. The van der Waals surface area contributed by atoms with Crippen molar-refractivity contribution in [2.75, 3.05) is 13.2 Å². The van der Waals surface area contributed by atoms with Gasteiger partial charge in [0.05, 0.1) is 12.1 Å². The molecule has 66 valence electrons. The molecule has 12 heavy (non-hydrogen) atoms. The highest BCUT2D eigenvalue weighted by Gasteiger charge is 2.62. The van der Waals surface area contributed by atoms with E-state index < -0.39 is 0 Å². The van der Waals surface area contributed by atoms with Crippen LogP contribution in [0.4, 0.5) is 0 Å². The zero-order valence-corrected chi connectivity index (χ0v) is 7.29. The first-order chi connectivity index (χ1) is 5.78. The highest BCUT2D eigenvalue weighted by Crippen LogP contribution is 2.57. The molecular formula is C10H15NO. The molecule has 3 unspecified atom stereocenters. The second-order valence-corrected chi connectivity index (χ2v) is 4.50. The van der Waals surface area contributed by atoms with Crippen molar-refractivity contribution < 1.29 is 5.11 Å². The van der Waals surface area contributed by atoms with Crippen LogP contribution in [-0.2, 0) is 0 Å². The number of hydrogen-bond acceptors (Lipinski definition) is 2. The van der Waals surface area contributed by atoms with Crippen LogP contribution in [0.2, 0.25) is 0 Å². The van der Waals surface area contributed by atoms with Gasteiger partial charge in [0.2, 0.25) is 0 Å². The second kappa shape index (κ2) is 1.94. The molecule has 0 aromatic rings. The van der Waals surface area contributed by atoms with Gasteiger partial charge in [-0.3, -0.25) is 4.90 Å². The van der Waals surface area contributed by atoms with Gasteiger partial charge in [-0.2, -0.15) is 0 Å². The summed E-state index contributed by atoms with van der Waals surface area (Å²) in [5.41, 5.74) is 1.30. The van der Waals surface area contributed by atoms with E-state index in [1.165, 1.54) is 18.4 Å². The maximum Gasteiger partial charge on any atom is 0.0657 e. The van der Waals surface area contributed by atoms with E-state index >= 15 is 0 Å². The Hall–Kier alpha value is -0.340. The Kier molecular flexibility index (Phi) is 1.15. The fraction of sp³-hybridized carbons (Fsp3) is 0.800. The van der Waals surface area contributed by atoms with Gasteiger partial charge >= 0.3 is 0 Å². The molecule has 1 saturated carbocycles.